The first-order chi connectivity index (χ1) is 13.1. The number of hydrogen-bond acceptors (Lipinski definition) is 4. The molecule has 28 heavy (non-hydrogen) atoms. The van der Waals surface area contributed by atoms with Gasteiger partial charge in [0.2, 0.25) is 0 Å². The Hall–Kier alpha value is -2.38. The van der Waals surface area contributed by atoms with E-state index in [0.29, 0.717) is 17.8 Å². The second kappa shape index (κ2) is 9.21. The quantitative estimate of drug-likeness (QED) is 0.688. The first-order valence-corrected chi connectivity index (χ1v) is 10.7. The smallest absolute Gasteiger partial charge is 0.264 e. The number of hydrogen-bond donors (Lipinski definition) is 1. The molecule has 2 rings (SSSR count). The van der Waals surface area contributed by atoms with E-state index in [2.05, 4.69) is 10.2 Å². The number of aryl methyl sites for hydroxylation is 2. The number of sulfonamides is 1. The number of carbonyl (C=O) groups excluding carboxylic acids is 1. The van der Waals surface area contributed by atoms with E-state index in [1.807, 2.05) is 27.9 Å². The zero-order valence-electron chi connectivity index (χ0n) is 17.2. The molecule has 6 nitrogen and oxygen atoms in total. The Balaban J connectivity index is 2.22. The summed E-state index contributed by atoms with van der Waals surface area (Å²) in [6, 6.07) is 11.8. The van der Waals surface area contributed by atoms with E-state index in [9.17, 15) is 13.2 Å². The van der Waals surface area contributed by atoms with Crippen molar-refractivity contribution in [1.29, 1.82) is 0 Å². The van der Waals surface area contributed by atoms with Crippen LogP contribution in [0.4, 0.5) is 5.69 Å². The molecule has 7 heteroatoms. The molecule has 0 radical (unpaired) electrons. The van der Waals surface area contributed by atoms with Crippen LogP contribution >= 0.6 is 0 Å². The van der Waals surface area contributed by atoms with Crippen LogP contribution in [0.1, 0.15) is 27.9 Å². The largest absolute Gasteiger partial charge is 0.352 e. The zero-order chi connectivity index (χ0) is 20.9. The van der Waals surface area contributed by atoms with E-state index in [1.165, 1.54) is 11.4 Å². The van der Waals surface area contributed by atoms with Crippen LogP contribution in [0, 0.1) is 13.8 Å². The van der Waals surface area contributed by atoms with Gasteiger partial charge in [-0.05, 0) is 70.7 Å². The monoisotopic (exact) mass is 403 g/mol. The molecule has 0 spiro atoms. The fraction of sp³-hybridized carbons (Fsp3) is 0.381. The molecule has 0 unspecified atom stereocenters. The third kappa shape index (κ3) is 5.33. The lowest BCUT2D eigenvalue weighted by Crippen LogP contribution is -2.29. The second-order valence-corrected chi connectivity index (χ2v) is 9.17. The van der Waals surface area contributed by atoms with Gasteiger partial charge in [0.15, 0.2) is 0 Å². The Morgan fingerprint density at radius 2 is 1.64 bits per heavy atom. The second-order valence-electron chi connectivity index (χ2n) is 7.20. The fourth-order valence-corrected chi connectivity index (χ4v) is 4.04. The molecular weight excluding hydrogens is 374 g/mol. The summed E-state index contributed by atoms with van der Waals surface area (Å²) in [5, 5.41) is 2.88. The number of carbonyl (C=O) groups is 1. The van der Waals surface area contributed by atoms with Crippen molar-refractivity contribution in [2.75, 3.05) is 38.5 Å². The van der Waals surface area contributed by atoms with Crippen LogP contribution in [0.25, 0.3) is 0 Å². The van der Waals surface area contributed by atoms with Gasteiger partial charge in [0, 0.05) is 19.2 Å². The standard InChI is InChI=1S/C21H29N3O3S/c1-16-7-11-19(12-8-16)28(26,27)24(5)20-15-18(10-9-17(20)2)21(25)22-13-6-14-23(3)4/h7-12,15H,6,13-14H2,1-5H3,(H,22,25). The molecule has 2 aromatic carbocycles. The van der Waals surface area contributed by atoms with E-state index in [0.717, 1.165) is 24.1 Å². The highest BCUT2D eigenvalue weighted by atomic mass is 32.2. The number of rotatable bonds is 8. The van der Waals surface area contributed by atoms with Gasteiger partial charge in [-0.25, -0.2) is 8.42 Å². The van der Waals surface area contributed by atoms with Crippen LogP contribution in [0.5, 0.6) is 0 Å². The third-order valence-corrected chi connectivity index (χ3v) is 6.34. The van der Waals surface area contributed by atoms with Crippen LogP contribution in [0.15, 0.2) is 47.4 Å². The van der Waals surface area contributed by atoms with Crippen molar-refractivity contribution in [3.63, 3.8) is 0 Å². The van der Waals surface area contributed by atoms with E-state index < -0.39 is 10.0 Å². The van der Waals surface area contributed by atoms with Crippen molar-refractivity contribution in [1.82, 2.24) is 10.2 Å². The van der Waals surface area contributed by atoms with Crippen molar-refractivity contribution < 1.29 is 13.2 Å². The SMILES string of the molecule is Cc1ccc(S(=O)(=O)N(C)c2cc(C(=O)NCCCN(C)C)ccc2C)cc1. The third-order valence-electron chi connectivity index (χ3n) is 4.56. The molecule has 0 aromatic heterocycles. The van der Waals surface area contributed by atoms with Crippen molar-refractivity contribution >= 4 is 21.6 Å². The highest BCUT2D eigenvalue weighted by Crippen LogP contribution is 2.26. The Morgan fingerprint density at radius 1 is 1.00 bits per heavy atom. The molecule has 0 heterocycles. The van der Waals surface area contributed by atoms with Crippen molar-refractivity contribution in [2.24, 2.45) is 0 Å². The van der Waals surface area contributed by atoms with Gasteiger partial charge < -0.3 is 10.2 Å². The summed E-state index contributed by atoms with van der Waals surface area (Å²) in [6.45, 7) is 5.19. The Bertz CT molecular complexity index is 922. The topological polar surface area (TPSA) is 69.7 Å². The van der Waals surface area contributed by atoms with E-state index in [1.54, 1.807) is 42.5 Å². The van der Waals surface area contributed by atoms with Crippen LogP contribution in [0.3, 0.4) is 0 Å². The van der Waals surface area contributed by atoms with E-state index >= 15 is 0 Å². The van der Waals surface area contributed by atoms with Gasteiger partial charge >= 0.3 is 0 Å². The van der Waals surface area contributed by atoms with Crippen LogP contribution in [-0.4, -0.2) is 53.5 Å². The van der Waals surface area contributed by atoms with Crippen molar-refractivity contribution in [3.05, 3.63) is 59.2 Å². The van der Waals surface area contributed by atoms with Crippen LogP contribution < -0.4 is 9.62 Å². The maximum Gasteiger partial charge on any atom is 0.264 e. The van der Waals surface area contributed by atoms with Crippen LogP contribution in [0.2, 0.25) is 0 Å². The van der Waals surface area contributed by atoms with Gasteiger partial charge in [-0.15, -0.1) is 0 Å². The summed E-state index contributed by atoms with van der Waals surface area (Å²) in [7, 11) is 1.77. The number of anilines is 1. The molecular formula is C21H29N3O3S. The van der Waals surface area contributed by atoms with E-state index in [4.69, 9.17) is 0 Å². The fourth-order valence-electron chi connectivity index (χ4n) is 2.79. The predicted octanol–water partition coefficient (Wildman–Crippen LogP) is 2.81. The molecule has 0 saturated heterocycles. The summed E-state index contributed by atoms with van der Waals surface area (Å²) >= 11 is 0. The molecule has 0 aliphatic rings. The lowest BCUT2D eigenvalue weighted by molar-refractivity contribution is 0.0952. The zero-order valence-corrected chi connectivity index (χ0v) is 18.0. The molecule has 0 aliphatic carbocycles. The molecule has 0 bridgehead atoms. The minimum Gasteiger partial charge on any atom is -0.352 e. The van der Waals surface area contributed by atoms with E-state index in [-0.39, 0.29) is 10.8 Å². The Labute approximate surface area is 168 Å². The number of amides is 1. The summed E-state index contributed by atoms with van der Waals surface area (Å²) in [6.07, 6.45) is 0.846. The highest BCUT2D eigenvalue weighted by molar-refractivity contribution is 7.92. The summed E-state index contributed by atoms with van der Waals surface area (Å²) in [4.78, 5) is 14.7. The molecule has 152 valence electrons. The lowest BCUT2D eigenvalue weighted by Gasteiger charge is -2.22. The van der Waals surface area contributed by atoms with Gasteiger partial charge in [-0.3, -0.25) is 9.10 Å². The summed E-state index contributed by atoms with van der Waals surface area (Å²) in [5.41, 5.74) is 2.70. The number of nitrogens with zero attached hydrogens (tertiary/aromatic N) is 2. The summed E-state index contributed by atoms with van der Waals surface area (Å²) < 4.78 is 27.2. The average molecular weight is 404 g/mol. The van der Waals surface area contributed by atoms with Gasteiger partial charge in [0.1, 0.15) is 0 Å². The molecule has 1 amide bonds. The first-order valence-electron chi connectivity index (χ1n) is 9.22. The number of nitrogens with one attached hydrogen (secondary N) is 1. The van der Waals surface area contributed by atoms with Gasteiger partial charge in [0.25, 0.3) is 15.9 Å². The molecule has 0 fully saturated rings. The maximum atomic E-state index is 13.0. The van der Waals surface area contributed by atoms with Crippen molar-refractivity contribution in [2.45, 2.75) is 25.2 Å². The predicted molar refractivity (Wildman–Crippen MR) is 113 cm³/mol. The van der Waals surface area contributed by atoms with Gasteiger partial charge in [0.05, 0.1) is 10.6 Å². The Morgan fingerprint density at radius 3 is 2.25 bits per heavy atom. The highest BCUT2D eigenvalue weighted by Gasteiger charge is 2.23. The Kier molecular flexibility index (Phi) is 7.21. The number of benzene rings is 2. The molecule has 0 saturated carbocycles. The minimum absolute atomic E-state index is 0.207. The summed E-state index contributed by atoms with van der Waals surface area (Å²) in [5.74, 6) is -0.207. The molecule has 2 aromatic rings. The molecule has 0 aliphatic heterocycles. The van der Waals surface area contributed by atoms with Crippen LogP contribution in [-0.2, 0) is 10.0 Å². The van der Waals surface area contributed by atoms with Gasteiger partial charge in [-0.1, -0.05) is 23.8 Å². The molecule has 0 atom stereocenters. The van der Waals surface area contributed by atoms with Gasteiger partial charge in [-0.2, -0.15) is 0 Å². The van der Waals surface area contributed by atoms with Crippen molar-refractivity contribution in [3.8, 4) is 0 Å². The minimum atomic E-state index is -3.71. The maximum absolute atomic E-state index is 13.0. The average Bonchev–Trinajstić information content (AvgIpc) is 2.65. The first kappa shape index (κ1) is 21.9. The normalized spacial score (nSPS) is 11.5. The lowest BCUT2D eigenvalue weighted by atomic mass is 10.1. The molecule has 1 N–H and O–H groups in total.